The summed E-state index contributed by atoms with van der Waals surface area (Å²) >= 11 is 1.21. The van der Waals surface area contributed by atoms with Gasteiger partial charge < -0.3 is 4.74 Å². The summed E-state index contributed by atoms with van der Waals surface area (Å²) in [5, 5.41) is 0. The Morgan fingerprint density at radius 3 is 2.30 bits per heavy atom. The molecule has 0 atom stereocenters. The number of thiazole rings is 1. The van der Waals surface area contributed by atoms with E-state index in [9.17, 15) is 8.42 Å². The van der Waals surface area contributed by atoms with Gasteiger partial charge in [0.15, 0.2) is 0 Å². The Morgan fingerprint density at radius 1 is 1.04 bits per heavy atom. The van der Waals surface area contributed by atoms with Crippen LogP contribution in [-0.4, -0.2) is 20.5 Å². The van der Waals surface area contributed by atoms with Crippen LogP contribution in [0.15, 0.2) is 52.9 Å². The molecule has 120 valence electrons. The van der Waals surface area contributed by atoms with Crippen molar-refractivity contribution in [2.24, 2.45) is 0 Å². The molecule has 4 nitrogen and oxygen atoms in total. The Kier molecular flexibility index (Phi) is 3.90. The molecule has 0 spiro atoms. The molecule has 0 radical (unpaired) electrons. The van der Waals surface area contributed by atoms with Gasteiger partial charge in [0, 0.05) is 0 Å². The highest BCUT2D eigenvalue weighted by molar-refractivity contribution is 7.94. The molecule has 0 N–H and O–H groups in total. The first kappa shape index (κ1) is 16.0. The van der Waals surface area contributed by atoms with E-state index in [4.69, 9.17) is 4.74 Å². The second-order valence-electron chi connectivity index (χ2n) is 5.69. The van der Waals surface area contributed by atoms with Gasteiger partial charge in [0.2, 0.25) is 14.2 Å². The van der Waals surface area contributed by atoms with Crippen LogP contribution in [-0.2, 0) is 14.6 Å². The summed E-state index contributed by atoms with van der Waals surface area (Å²) < 4.78 is 31.3. The van der Waals surface area contributed by atoms with Crippen molar-refractivity contribution in [2.75, 3.05) is 7.11 Å². The van der Waals surface area contributed by atoms with Gasteiger partial charge in [-0.2, -0.15) is 0 Å². The normalized spacial score (nSPS) is 12.5. The van der Waals surface area contributed by atoms with E-state index in [1.54, 1.807) is 45.2 Å². The third-order valence-electron chi connectivity index (χ3n) is 3.96. The minimum Gasteiger partial charge on any atom is -0.497 e. The number of para-hydroxylation sites is 1. The Morgan fingerprint density at radius 2 is 1.70 bits per heavy atom. The van der Waals surface area contributed by atoms with Crippen LogP contribution in [0.25, 0.3) is 10.2 Å². The largest absolute Gasteiger partial charge is 0.497 e. The van der Waals surface area contributed by atoms with Crippen molar-refractivity contribution in [3.8, 4) is 5.75 Å². The van der Waals surface area contributed by atoms with Crippen LogP contribution in [0.5, 0.6) is 5.75 Å². The number of rotatable bonds is 4. The molecule has 2 aromatic carbocycles. The van der Waals surface area contributed by atoms with Crippen LogP contribution in [0.2, 0.25) is 0 Å². The van der Waals surface area contributed by atoms with E-state index in [2.05, 4.69) is 4.98 Å². The molecular formula is C17H17NO3S2. The van der Waals surface area contributed by atoms with Crippen molar-refractivity contribution in [1.29, 1.82) is 0 Å². The van der Waals surface area contributed by atoms with Crippen molar-refractivity contribution in [2.45, 2.75) is 22.9 Å². The van der Waals surface area contributed by atoms with E-state index in [0.29, 0.717) is 16.8 Å². The van der Waals surface area contributed by atoms with Crippen LogP contribution in [0, 0.1) is 0 Å². The number of benzene rings is 2. The van der Waals surface area contributed by atoms with Crippen LogP contribution >= 0.6 is 11.3 Å². The number of ether oxygens (including phenoxy) is 1. The quantitative estimate of drug-likeness (QED) is 0.715. The molecule has 3 rings (SSSR count). The van der Waals surface area contributed by atoms with Crippen LogP contribution in [0.1, 0.15) is 19.4 Å². The summed E-state index contributed by atoms with van der Waals surface area (Å²) in [6, 6.07) is 14.5. The fraction of sp³-hybridized carbons (Fsp3) is 0.235. The van der Waals surface area contributed by atoms with Gasteiger partial charge in [-0.1, -0.05) is 24.3 Å². The van der Waals surface area contributed by atoms with E-state index in [1.807, 2.05) is 24.3 Å². The number of aromatic nitrogens is 1. The first-order chi connectivity index (χ1) is 10.9. The molecule has 0 amide bonds. The van der Waals surface area contributed by atoms with Crippen molar-refractivity contribution < 1.29 is 13.2 Å². The van der Waals surface area contributed by atoms with Crippen LogP contribution in [0.4, 0.5) is 0 Å². The monoisotopic (exact) mass is 347 g/mol. The maximum atomic E-state index is 13.1. The van der Waals surface area contributed by atoms with Gasteiger partial charge >= 0.3 is 0 Å². The number of methoxy groups -OCH3 is 1. The van der Waals surface area contributed by atoms with E-state index < -0.39 is 14.6 Å². The first-order valence-electron chi connectivity index (χ1n) is 7.11. The molecule has 0 aliphatic carbocycles. The molecule has 0 unspecified atom stereocenters. The maximum absolute atomic E-state index is 13.1. The van der Waals surface area contributed by atoms with Gasteiger partial charge in [-0.3, -0.25) is 0 Å². The standard InChI is InChI=1S/C17H17NO3S2/c1-17(2,12-8-10-13(21-3)11-9-12)23(19,20)16-18-14-6-4-5-7-15(14)22-16/h4-11H,1-3H3. The zero-order chi connectivity index (χ0) is 16.7. The number of hydrogen-bond acceptors (Lipinski definition) is 5. The second-order valence-corrected chi connectivity index (χ2v) is 9.39. The van der Waals surface area contributed by atoms with Gasteiger partial charge in [0.1, 0.15) is 5.75 Å². The SMILES string of the molecule is COc1ccc(C(C)(C)S(=O)(=O)c2nc3ccccc3s2)cc1. The number of sulfone groups is 1. The Bertz CT molecular complexity index is 908. The smallest absolute Gasteiger partial charge is 0.214 e. The molecule has 0 saturated heterocycles. The molecule has 0 aliphatic rings. The third-order valence-corrected chi connectivity index (χ3v) is 7.83. The molecule has 0 bridgehead atoms. The van der Waals surface area contributed by atoms with Crippen molar-refractivity contribution in [3.63, 3.8) is 0 Å². The minimum absolute atomic E-state index is 0.152. The lowest BCUT2D eigenvalue weighted by molar-refractivity contribution is 0.414. The highest BCUT2D eigenvalue weighted by Crippen LogP contribution is 2.38. The predicted octanol–water partition coefficient (Wildman–Crippen LogP) is 4.01. The molecule has 1 heterocycles. The summed E-state index contributed by atoms with van der Waals surface area (Å²) in [6.07, 6.45) is 0. The van der Waals surface area contributed by atoms with Crippen molar-refractivity contribution in [3.05, 3.63) is 54.1 Å². The Hall–Kier alpha value is -1.92. The van der Waals surface area contributed by atoms with Gasteiger partial charge in [0.25, 0.3) is 0 Å². The number of fused-ring (bicyclic) bond motifs is 1. The molecule has 3 aromatic rings. The summed E-state index contributed by atoms with van der Waals surface area (Å²) in [5.41, 5.74) is 1.42. The third kappa shape index (κ3) is 2.62. The molecule has 23 heavy (non-hydrogen) atoms. The molecule has 1 aromatic heterocycles. The topological polar surface area (TPSA) is 56.3 Å². The fourth-order valence-electron chi connectivity index (χ4n) is 2.33. The van der Waals surface area contributed by atoms with Gasteiger partial charge in [-0.05, 0) is 43.7 Å². The zero-order valence-corrected chi connectivity index (χ0v) is 14.7. The van der Waals surface area contributed by atoms with Crippen LogP contribution < -0.4 is 4.74 Å². The lowest BCUT2D eigenvalue weighted by atomic mass is 10.0. The second kappa shape index (κ2) is 5.62. The molecule has 0 aliphatic heterocycles. The summed E-state index contributed by atoms with van der Waals surface area (Å²) in [4.78, 5) is 4.32. The highest BCUT2D eigenvalue weighted by Gasteiger charge is 2.39. The van der Waals surface area contributed by atoms with Crippen LogP contribution in [0.3, 0.4) is 0 Å². The van der Waals surface area contributed by atoms with E-state index >= 15 is 0 Å². The summed E-state index contributed by atoms with van der Waals surface area (Å²) in [7, 11) is -2.03. The van der Waals surface area contributed by atoms with Crippen molar-refractivity contribution in [1.82, 2.24) is 4.98 Å². The summed E-state index contributed by atoms with van der Waals surface area (Å²) in [5.74, 6) is 0.696. The van der Waals surface area contributed by atoms with E-state index in [1.165, 1.54) is 11.3 Å². The van der Waals surface area contributed by atoms with Gasteiger partial charge in [-0.25, -0.2) is 13.4 Å². The predicted molar refractivity (Wildman–Crippen MR) is 92.8 cm³/mol. The molecule has 0 fully saturated rings. The lowest BCUT2D eigenvalue weighted by Gasteiger charge is -2.24. The van der Waals surface area contributed by atoms with E-state index in [-0.39, 0.29) is 4.34 Å². The number of nitrogens with zero attached hydrogens (tertiary/aromatic N) is 1. The van der Waals surface area contributed by atoms with Crippen molar-refractivity contribution >= 4 is 31.4 Å². The first-order valence-corrected chi connectivity index (χ1v) is 9.41. The maximum Gasteiger partial charge on any atom is 0.214 e. The molecule has 6 heteroatoms. The number of hydrogen-bond donors (Lipinski definition) is 0. The van der Waals surface area contributed by atoms with Gasteiger partial charge in [0.05, 0.1) is 22.1 Å². The van der Waals surface area contributed by atoms with Gasteiger partial charge in [-0.15, -0.1) is 11.3 Å². The molecular weight excluding hydrogens is 330 g/mol. The Labute approximate surface area is 139 Å². The van der Waals surface area contributed by atoms with E-state index in [0.717, 1.165) is 4.70 Å². The lowest BCUT2D eigenvalue weighted by Crippen LogP contribution is -2.29. The highest BCUT2D eigenvalue weighted by atomic mass is 32.2. The molecule has 0 saturated carbocycles. The summed E-state index contributed by atoms with van der Waals surface area (Å²) in [6.45, 7) is 3.41. The minimum atomic E-state index is -3.61. The zero-order valence-electron chi connectivity index (χ0n) is 13.1. The average Bonchev–Trinajstić information content (AvgIpc) is 2.99. The fourth-order valence-corrected chi connectivity index (χ4v) is 5.46. The average molecular weight is 347 g/mol. The Balaban J connectivity index is 2.08.